The van der Waals surface area contributed by atoms with Crippen LogP contribution < -0.4 is 0 Å². The molecule has 0 N–H and O–H groups in total. The minimum Gasteiger partial charge on any atom is -0.214 e. The molecule has 3 nitrogen and oxygen atoms in total. The van der Waals surface area contributed by atoms with Crippen molar-refractivity contribution < 1.29 is 26.0 Å². The van der Waals surface area contributed by atoms with Crippen LogP contribution in [0, 0.1) is 17.1 Å². The van der Waals surface area contributed by atoms with Gasteiger partial charge in [0.1, 0.15) is 11.9 Å². The van der Waals surface area contributed by atoms with E-state index in [1.807, 2.05) is 0 Å². The molecule has 1 aromatic rings. The van der Waals surface area contributed by atoms with Crippen LogP contribution in [0.1, 0.15) is 5.56 Å². The molecule has 0 saturated carbocycles. The summed E-state index contributed by atoms with van der Waals surface area (Å²) in [4.78, 5) is -1.15. The molecule has 0 bridgehead atoms. The van der Waals surface area contributed by atoms with E-state index in [1.165, 1.54) is 6.07 Å². The molecular formula is C8H3F4NO2S. The monoisotopic (exact) mass is 253 g/mol. The predicted molar refractivity (Wildman–Crippen MR) is 44.4 cm³/mol. The van der Waals surface area contributed by atoms with Gasteiger partial charge in [0, 0.05) is 0 Å². The second-order valence-corrected chi connectivity index (χ2v) is 4.64. The number of hydrogen-bond donors (Lipinski definition) is 0. The maximum absolute atomic E-state index is 12.8. The molecular weight excluding hydrogens is 250 g/mol. The normalized spacial score (nSPS) is 12.2. The number of nitrogens with zero attached hydrogens (tertiary/aromatic N) is 1. The Balaban J connectivity index is 3.44. The van der Waals surface area contributed by atoms with E-state index in [0.29, 0.717) is 18.2 Å². The van der Waals surface area contributed by atoms with Crippen LogP contribution in [-0.4, -0.2) is 13.9 Å². The SMILES string of the molecule is N#Cc1cc(S(=O)(=O)C(F)(F)F)ccc1F. The van der Waals surface area contributed by atoms with Crippen LogP contribution in [0.5, 0.6) is 0 Å². The first-order valence-electron chi connectivity index (χ1n) is 3.71. The molecule has 0 aliphatic rings. The Morgan fingerprint density at radius 2 is 1.81 bits per heavy atom. The zero-order chi connectivity index (χ0) is 12.6. The Kier molecular flexibility index (Phi) is 2.92. The lowest BCUT2D eigenvalue weighted by Crippen LogP contribution is -2.23. The summed E-state index contributed by atoms with van der Waals surface area (Å²) in [5, 5.41) is 8.35. The molecule has 0 atom stereocenters. The van der Waals surface area contributed by atoms with Crippen molar-refractivity contribution in [2.24, 2.45) is 0 Å². The molecule has 0 spiro atoms. The highest BCUT2D eigenvalue weighted by Gasteiger charge is 2.47. The lowest BCUT2D eigenvalue weighted by molar-refractivity contribution is -0.0436. The molecule has 0 amide bonds. The lowest BCUT2D eigenvalue weighted by Gasteiger charge is -2.07. The summed E-state index contributed by atoms with van der Waals surface area (Å²) in [6.07, 6.45) is 0. The predicted octanol–water partition coefficient (Wildman–Crippen LogP) is 1.99. The van der Waals surface area contributed by atoms with Crippen molar-refractivity contribution in [1.29, 1.82) is 5.26 Å². The van der Waals surface area contributed by atoms with Gasteiger partial charge in [0.25, 0.3) is 9.84 Å². The largest absolute Gasteiger partial charge is 0.501 e. The van der Waals surface area contributed by atoms with Gasteiger partial charge in [-0.05, 0) is 18.2 Å². The van der Waals surface area contributed by atoms with Crippen LogP contribution in [-0.2, 0) is 9.84 Å². The Morgan fingerprint density at radius 1 is 1.25 bits per heavy atom. The van der Waals surface area contributed by atoms with Gasteiger partial charge in [0.2, 0.25) is 0 Å². The molecule has 1 aromatic carbocycles. The molecule has 16 heavy (non-hydrogen) atoms. The highest BCUT2D eigenvalue weighted by atomic mass is 32.2. The van der Waals surface area contributed by atoms with Gasteiger partial charge in [-0.3, -0.25) is 0 Å². The fourth-order valence-corrected chi connectivity index (χ4v) is 1.68. The van der Waals surface area contributed by atoms with Gasteiger partial charge >= 0.3 is 5.51 Å². The summed E-state index contributed by atoms with van der Waals surface area (Å²) in [5.41, 5.74) is -6.23. The number of alkyl halides is 3. The zero-order valence-electron chi connectivity index (χ0n) is 7.42. The van der Waals surface area contributed by atoms with Crippen molar-refractivity contribution >= 4 is 9.84 Å². The van der Waals surface area contributed by atoms with Crippen molar-refractivity contribution in [3.8, 4) is 6.07 Å². The van der Waals surface area contributed by atoms with E-state index in [9.17, 15) is 26.0 Å². The van der Waals surface area contributed by atoms with E-state index in [4.69, 9.17) is 5.26 Å². The van der Waals surface area contributed by atoms with Crippen LogP contribution in [0.2, 0.25) is 0 Å². The van der Waals surface area contributed by atoms with Gasteiger partial charge in [0.15, 0.2) is 0 Å². The molecule has 0 aliphatic carbocycles. The molecule has 0 radical (unpaired) electrons. The molecule has 1 rings (SSSR count). The molecule has 8 heteroatoms. The quantitative estimate of drug-likeness (QED) is 0.568. The molecule has 0 heterocycles. The average Bonchev–Trinajstić information content (AvgIpc) is 2.16. The Morgan fingerprint density at radius 3 is 2.25 bits per heavy atom. The van der Waals surface area contributed by atoms with Crippen LogP contribution in [0.4, 0.5) is 17.6 Å². The fraction of sp³-hybridized carbons (Fsp3) is 0.125. The molecule has 0 aliphatic heterocycles. The van der Waals surface area contributed by atoms with E-state index in [2.05, 4.69) is 0 Å². The zero-order valence-corrected chi connectivity index (χ0v) is 8.23. The van der Waals surface area contributed by atoms with E-state index >= 15 is 0 Å². The summed E-state index contributed by atoms with van der Waals surface area (Å²) in [6.45, 7) is 0. The molecule has 0 saturated heterocycles. The Bertz CT molecular complexity index is 556. The van der Waals surface area contributed by atoms with Crippen molar-refractivity contribution in [1.82, 2.24) is 0 Å². The molecule has 0 aromatic heterocycles. The topological polar surface area (TPSA) is 57.9 Å². The summed E-state index contributed by atoms with van der Waals surface area (Å²) >= 11 is 0. The maximum atomic E-state index is 12.8. The summed E-state index contributed by atoms with van der Waals surface area (Å²) < 4.78 is 70.8. The third-order valence-electron chi connectivity index (χ3n) is 1.67. The second kappa shape index (κ2) is 3.75. The molecule has 0 fully saturated rings. The number of nitriles is 1. The van der Waals surface area contributed by atoms with Gasteiger partial charge in [-0.25, -0.2) is 12.8 Å². The van der Waals surface area contributed by atoms with Crippen LogP contribution in [0.3, 0.4) is 0 Å². The minimum atomic E-state index is -5.54. The van der Waals surface area contributed by atoms with Crippen LogP contribution in [0.15, 0.2) is 23.1 Å². The fourth-order valence-electron chi connectivity index (χ4n) is 0.891. The molecule has 0 unspecified atom stereocenters. The number of sulfone groups is 1. The standard InChI is InChI=1S/C8H3F4NO2S/c9-7-2-1-6(3-5(7)4-13)16(14,15)8(10,11)12/h1-3H. The average molecular weight is 253 g/mol. The first-order valence-corrected chi connectivity index (χ1v) is 5.19. The smallest absolute Gasteiger partial charge is 0.214 e. The van der Waals surface area contributed by atoms with Gasteiger partial charge in [-0.15, -0.1) is 0 Å². The lowest BCUT2D eigenvalue weighted by atomic mass is 10.2. The van der Waals surface area contributed by atoms with Crippen molar-refractivity contribution in [2.45, 2.75) is 10.4 Å². The Hall–Kier alpha value is -1.62. The van der Waals surface area contributed by atoms with E-state index < -0.39 is 31.6 Å². The highest BCUT2D eigenvalue weighted by Crippen LogP contribution is 2.30. The Labute approximate surface area is 87.8 Å². The number of rotatable bonds is 1. The number of halogens is 4. The maximum Gasteiger partial charge on any atom is 0.501 e. The van der Waals surface area contributed by atoms with E-state index in [0.717, 1.165) is 0 Å². The van der Waals surface area contributed by atoms with Crippen molar-refractivity contribution in [3.63, 3.8) is 0 Å². The van der Waals surface area contributed by atoms with E-state index in [1.54, 1.807) is 0 Å². The number of hydrogen-bond acceptors (Lipinski definition) is 3. The minimum absolute atomic E-state index is 0.345. The molecule has 86 valence electrons. The second-order valence-electron chi connectivity index (χ2n) is 2.70. The van der Waals surface area contributed by atoms with Crippen LogP contribution >= 0.6 is 0 Å². The van der Waals surface area contributed by atoms with Gasteiger partial charge in [-0.1, -0.05) is 0 Å². The highest BCUT2D eigenvalue weighted by molar-refractivity contribution is 7.92. The first kappa shape index (κ1) is 12.4. The van der Waals surface area contributed by atoms with Crippen LogP contribution in [0.25, 0.3) is 0 Å². The number of benzene rings is 1. The first-order chi connectivity index (χ1) is 7.20. The third-order valence-corrected chi connectivity index (χ3v) is 3.16. The van der Waals surface area contributed by atoms with Crippen molar-refractivity contribution in [2.75, 3.05) is 0 Å². The van der Waals surface area contributed by atoms with Crippen molar-refractivity contribution in [3.05, 3.63) is 29.6 Å². The van der Waals surface area contributed by atoms with Gasteiger partial charge in [-0.2, -0.15) is 18.4 Å². The summed E-state index contributed by atoms with van der Waals surface area (Å²) in [7, 11) is -5.54. The third kappa shape index (κ3) is 1.99. The summed E-state index contributed by atoms with van der Waals surface area (Å²) in [6, 6.07) is 2.55. The van der Waals surface area contributed by atoms with Gasteiger partial charge in [0.05, 0.1) is 10.5 Å². The van der Waals surface area contributed by atoms with Gasteiger partial charge < -0.3 is 0 Å². The summed E-state index contributed by atoms with van der Waals surface area (Å²) in [5.74, 6) is -1.08. The van der Waals surface area contributed by atoms with E-state index in [-0.39, 0.29) is 0 Å².